The highest BCUT2D eigenvalue weighted by Crippen LogP contribution is 2.37. The van der Waals surface area contributed by atoms with Crippen LogP contribution in [-0.2, 0) is 16.0 Å². The molecule has 0 unspecified atom stereocenters. The van der Waals surface area contributed by atoms with Gasteiger partial charge in [-0.05, 0) is 31.0 Å². The van der Waals surface area contributed by atoms with Gasteiger partial charge in [0.1, 0.15) is 11.5 Å². The van der Waals surface area contributed by atoms with Gasteiger partial charge in [-0.1, -0.05) is 24.4 Å². The number of fused-ring (bicyclic) bond motifs is 1. The molecule has 2 amide bonds. The molecule has 2 aliphatic rings. The number of carbonyl (C=O) groups is 2. The summed E-state index contributed by atoms with van der Waals surface area (Å²) >= 11 is 0. The van der Waals surface area contributed by atoms with Gasteiger partial charge in [0.05, 0.1) is 12.0 Å². The van der Waals surface area contributed by atoms with Gasteiger partial charge in [-0.25, -0.2) is 4.39 Å². The molecule has 1 aromatic carbocycles. The molecule has 1 aliphatic carbocycles. The van der Waals surface area contributed by atoms with Gasteiger partial charge in [0.2, 0.25) is 11.8 Å². The maximum atomic E-state index is 13.5. The van der Waals surface area contributed by atoms with Crippen LogP contribution in [0.2, 0.25) is 0 Å². The Labute approximate surface area is 157 Å². The van der Waals surface area contributed by atoms with E-state index in [0.717, 1.165) is 25.7 Å². The first-order chi connectivity index (χ1) is 13.0. The summed E-state index contributed by atoms with van der Waals surface area (Å²) in [5.74, 6) is -0.347. The van der Waals surface area contributed by atoms with Crippen molar-refractivity contribution >= 4 is 22.8 Å². The van der Waals surface area contributed by atoms with E-state index in [1.165, 1.54) is 24.6 Å². The summed E-state index contributed by atoms with van der Waals surface area (Å²) < 4.78 is 18.8. The second-order valence-corrected chi connectivity index (χ2v) is 7.72. The highest BCUT2D eigenvalue weighted by Gasteiger charge is 2.44. The molecule has 0 bridgehead atoms. The van der Waals surface area contributed by atoms with Crippen LogP contribution in [0.5, 0.6) is 0 Å². The molecule has 7 heteroatoms. The Balaban J connectivity index is 1.53. The van der Waals surface area contributed by atoms with E-state index in [1.807, 2.05) is 9.80 Å². The van der Waals surface area contributed by atoms with Crippen molar-refractivity contribution in [3.8, 4) is 0 Å². The molecular formula is C20H24FN3O3. The van der Waals surface area contributed by atoms with Crippen molar-refractivity contribution in [1.82, 2.24) is 15.0 Å². The topological polar surface area (TPSA) is 66.7 Å². The van der Waals surface area contributed by atoms with Crippen LogP contribution in [0.3, 0.4) is 0 Å². The summed E-state index contributed by atoms with van der Waals surface area (Å²) in [6.45, 7) is 3.26. The molecule has 1 aromatic heterocycles. The van der Waals surface area contributed by atoms with Crippen molar-refractivity contribution in [3.63, 3.8) is 0 Å². The number of nitrogens with zero attached hydrogens (tertiary/aromatic N) is 3. The summed E-state index contributed by atoms with van der Waals surface area (Å²) in [6, 6.07) is 4.19. The van der Waals surface area contributed by atoms with Crippen LogP contribution in [0.4, 0.5) is 4.39 Å². The molecule has 6 nitrogen and oxygen atoms in total. The standard InChI is InChI=1S/C20H24FN3O3/c1-14(25)24-10-9-23(13-20(24)7-3-2-4-8-20)19(26)12-17-16-11-15(21)5-6-18(16)27-22-17/h5-6,11H,2-4,7-10,12-13H2,1H3. The third-order valence-electron chi connectivity index (χ3n) is 5.99. The van der Waals surface area contributed by atoms with Crippen molar-refractivity contribution in [1.29, 1.82) is 0 Å². The van der Waals surface area contributed by atoms with Gasteiger partial charge in [0.15, 0.2) is 5.58 Å². The van der Waals surface area contributed by atoms with Gasteiger partial charge in [-0.3, -0.25) is 9.59 Å². The Kier molecular flexibility index (Phi) is 4.61. The second-order valence-electron chi connectivity index (χ2n) is 7.72. The Hall–Kier alpha value is -2.44. The van der Waals surface area contributed by atoms with E-state index >= 15 is 0 Å². The number of aromatic nitrogens is 1. The normalized spacial score (nSPS) is 19.6. The zero-order chi connectivity index (χ0) is 19.0. The first-order valence-corrected chi connectivity index (χ1v) is 9.58. The molecule has 4 rings (SSSR count). The van der Waals surface area contributed by atoms with Crippen molar-refractivity contribution in [2.75, 3.05) is 19.6 Å². The predicted molar refractivity (Wildman–Crippen MR) is 97.5 cm³/mol. The molecule has 1 saturated heterocycles. The minimum Gasteiger partial charge on any atom is -0.356 e. The molecule has 1 saturated carbocycles. The molecule has 144 valence electrons. The van der Waals surface area contributed by atoms with Gasteiger partial charge in [-0.15, -0.1) is 0 Å². The lowest BCUT2D eigenvalue weighted by molar-refractivity contribution is -0.150. The summed E-state index contributed by atoms with van der Waals surface area (Å²) in [6.07, 6.45) is 5.30. The number of hydrogen-bond acceptors (Lipinski definition) is 4. The molecule has 1 aliphatic heterocycles. The van der Waals surface area contributed by atoms with Crippen LogP contribution in [0, 0.1) is 5.82 Å². The lowest BCUT2D eigenvalue weighted by Crippen LogP contribution is -2.65. The smallest absolute Gasteiger partial charge is 0.228 e. The SMILES string of the molecule is CC(=O)N1CCN(C(=O)Cc2noc3ccc(F)cc23)CC12CCCCC2. The Morgan fingerprint density at radius 2 is 2.00 bits per heavy atom. The van der Waals surface area contributed by atoms with E-state index in [9.17, 15) is 14.0 Å². The van der Waals surface area contributed by atoms with Gasteiger partial charge in [0, 0.05) is 31.9 Å². The third-order valence-corrected chi connectivity index (χ3v) is 5.99. The van der Waals surface area contributed by atoms with E-state index in [2.05, 4.69) is 5.16 Å². The van der Waals surface area contributed by atoms with Crippen LogP contribution < -0.4 is 0 Å². The van der Waals surface area contributed by atoms with Crippen LogP contribution in [0.15, 0.2) is 22.7 Å². The quantitative estimate of drug-likeness (QED) is 0.812. The van der Waals surface area contributed by atoms with Gasteiger partial charge < -0.3 is 14.3 Å². The fourth-order valence-electron chi connectivity index (χ4n) is 4.66. The van der Waals surface area contributed by atoms with E-state index < -0.39 is 0 Å². The minimum atomic E-state index is -0.379. The summed E-state index contributed by atoms with van der Waals surface area (Å²) in [5, 5.41) is 4.50. The highest BCUT2D eigenvalue weighted by molar-refractivity contribution is 5.86. The monoisotopic (exact) mass is 373 g/mol. The van der Waals surface area contributed by atoms with Crippen LogP contribution in [-0.4, -0.2) is 51.9 Å². The summed E-state index contributed by atoms with van der Waals surface area (Å²) in [4.78, 5) is 28.9. The fourth-order valence-corrected chi connectivity index (χ4v) is 4.66. The Morgan fingerprint density at radius 3 is 2.74 bits per heavy atom. The van der Waals surface area contributed by atoms with Crippen molar-refractivity contribution in [2.45, 2.75) is 51.0 Å². The van der Waals surface area contributed by atoms with Crippen LogP contribution in [0.25, 0.3) is 11.0 Å². The molecule has 0 atom stereocenters. The largest absolute Gasteiger partial charge is 0.356 e. The maximum Gasteiger partial charge on any atom is 0.228 e. The average molecular weight is 373 g/mol. The number of hydrogen-bond donors (Lipinski definition) is 0. The molecule has 2 aromatic rings. The van der Waals surface area contributed by atoms with Crippen molar-refractivity contribution in [3.05, 3.63) is 29.7 Å². The molecular weight excluding hydrogens is 349 g/mol. The van der Waals surface area contributed by atoms with E-state index in [1.54, 1.807) is 6.92 Å². The molecule has 27 heavy (non-hydrogen) atoms. The number of benzene rings is 1. The zero-order valence-corrected chi connectivity index (χ0v) is 15.5. The number of carbonyl (C=O) groups excluding carboxylic acids is 2. The van der Waals surface area contributed by atoms with Crippen molar-refractivity contribution < 1.29 is 18.5 Å². The third kappa shape index (κ3) is 3.31. The molecule has 0 radical (unpaired) electrons. The lowest BCUT2D eigenvalue weighted by atomic mass is 9.78. The van der Waals surface area contributed by atoms with E-state index in [0.29, 0.717) is 36.3 Å². The number of piperazine rings is 1. The predicted octanol–water partition coefficient (Wildman–Crippen LogP) is 2.90. The highest BCUT2D eigenvalue weighted by atomic mass is 19.1. The fraction of sp³-hybridized carbons (Fsp3) is 0.550. The summed E-state index contributed by atoms with van der Waals surface area (Å²) in [5.41, 5.74) is 0.696. The molecule has 0 N–H and O–H groups in total. The summed E-state index contributed by atoms with van der Waals surface area (Å²) in [7, 11) is 0. The molecule has 2 heterocycles. The molecule has 1 spiro atoms. The minimum absolute atomic E-state index is 0.0531. The van der Waals surface area contributed by atoms with Crippen LogP contribution >= 0.6 is 0 Å². The maximum absolute atomic E-state index is 13.5. The van der Waals surface area contributed by atoms with E-state index in [-0.39, 0.29) is 29.6 Å². The van der Waals surface area contributed by atoms with Gasteiger partial charge in [-0.2, -0.15) is 0 Å². The average Bonchev–Trinajstić information content (AvgIpc) is 3.04. The molecule has 2 fully saturated rings. The van der Waals surface area contributed by atoms with Crippen molar-refractivity contribution in [2.24, 2.45) is 0 Å². The Morgan fingerprint density at radius 1 is 1.22 bits per heavy atom. The number of halogens is 1. The number of rotatable bonds is 2. The zero-order valence-electron chi connectivity index (χ0n) is 15.5. The first kappa shape index (κ1) is 17.9. The van der Waals surface area contributed by atoms with E-state index in [4.69, 9.17) is 4.52 Å². The lowest BCUT2D eigenvalue weighted by Gasteiger charge is -2.52. The Bertz CT molecular complexity index is 872. The van der Waals surface area contributed by atoms with Gasteiger partial charge in [0.25, 0.3) is 0 Å². The first-order valence-electron chi connectivity index (χ1n) is 9.58. The van der Waals surface area contributed by atoms with Crippen LogP contribution in [0.1, 0.15) is 44.7 Å². The number of amides is 2. The second kappa shape index (κ2) is 6.94. The van der Waals surface area contributed by atoms with Gasteiger partial charge >= 0.3 is 0 Å².